The zero-order chi connectivity index (χ0) is 24.5. The summed E-state index contributed by atoms with van der Waals surface area (Å²) in [6, 6.07) is 15.2. The summed E-state index contributed by atoms with van der Waals surface area (Å²) in [5.41, 5.74) is 3.26. The Hall–Kier alpha value is -3.33. The Morgan fingerprint density at radius 2 is 1.74 bits per heavy atom. The van der Waals surface area contributed by atoms with Gasteiger partial charge in [-0.3, -0.25) is 9.59 Å². The predicted molar refractivity (Wildman–Crippen MR) is 138 cm³/mol. The number of rotatable bonds is 11. The molecule has 180 valence electrons. The van der Waals surface area contributed by atoms with E-state index in [1.807, 2.05) is 18.4 Å². The van der Waals surface area contributed by atoms with E-state index in [4.69, 9.17) is 0 Å². The van der Waals surface area contributed by atoms with E-state index in [1.165, 1.54) is 17.4 Å². The van der Waals surface area contributed by atoms with Crippen LogP contribution in [0.4, 0.5) is 11.4 Å². The van der Waals surface area contributed by atoms with Gasteiger partial charge in [-0.05, 0) is 70.2 Å². The third-order valence-electron chi connectivity index (χ3n) is 5.37. The highest BCUT2D eigenvalue weighted by Gasteiger charge is 2.15. The third-order valence-corrected chi connectivity index (χ3v) is 6.33. The topological polar surface area (TPSA) is 92.2 Å². The lowest BCUT2D eigenvalue weighted by molar-refractivity contribution is -0.113. The Morgan fingerprint density at radius 3 is 2.38 bits per heavy atom. The molecule has 0 spiro atoms. The van der Waals surface area contributed by atoms with Crippen LogP contribution in [0.2, 0.25) is 0 Å². The van der Waals surface area contributed by atoms with Gasteiger partial charge in [-0.25, -0.2) is 0 Å². The Balaban J connectivity index is 1.65. The van der Waals surface area contributed by atoms with Crippen molar-refractivity contribution in [3.8, 4) is 11.4 Å². The molecule has 2 aromatic carbocycles. The van der Waals surface area contributed by atoms with Crippen LogP contribution in [0.25, 0.3) is 11.4 Å². The Morgan fingerprint density at radius 1 is 1.00 bits per heavy atom. The number of nitrogens with zero attached hydrogens (tertiary/aromatic N) is 4. The zero-order valence-corrected chi connectivity index (χ0v) is 21.0. The monoisotopic (exact) mass is 480 g/mol. The van der Waals surface area contributed by atoms with E-state index < -0.39 is 0 Å². The highest BCUT2D eigenvalue weighted by Crippen LogP contribution is 2.26. The standard InChI is InChI=1S/C25H32N6O2S/c1-5-26-24(33)19-10-9-11-20(16-19)27-22(32)17-34-25-29-28-23(31(25)8-4)18-12-14-21(15-13-18)30(6-2)7-3/h9-16H,5-8,17H2,1-4H3,(H,26,33)(H,27,32). The van der Waals surface area contributed by atoms with Crippen molar-refractivity contribution in [2.24, 2.45) is 0 Å². The molecule has 34 heavy (non-hydrogen) atoms. The maximum atomic E-state index is 12.5. The fraction of sp³-hybridized carbons (Fsp3) is 0.360. The molecule has 0 unspecified atom stereocenters. The second-order valence-corrected chi connectivity index (χ2v) is 8.49. The van der Waals surface area contributed by atoms with Gasteiger partial charge < -0.3 is 20.1 Å². The summed E-state index contributed by atoms with van der Waals surface area (Å²) in [5.74, 6) is 0.631. The molecule has 0 aliphatic rings. The molecular weight excluding hydrogens is 448 g/mol. The number of hydrogen-bond donors (Lipinski definition) is 2. The van der Waals surface area contributed by atoms with E-state index in [2.05, 4.69) is 63.8 Å². The van der Waals surface area contributed by atoms with Crippen molar-refractivity contribution in [3.05, 3.63) is 54.1 Å². The summed E-state index contributed by atoms with van der Waals surface area (Å²) in [6.07, 6.45) is 0. The zero-order valence-electron chi connectivity index (χ0n) is 20.2. The van der Waals surface area contributed by atoms with Gasteiger partial charge in [0.1, 0.15) is 0 Å². The number of carbonyl (C=O) groups excluding carboxylic acids is 2. The fourth-order valence-corrected chi connectivity index (χ4v) is 4.43. The first-order valence-corrected chi connectivity index (χ1v) is 12.6. The van der Waals surface area contributed by atoms with E-state index in [0.717, 1.165) is 24.5 Å². The number of amides is 2. The lowest BCUT2D eigenvalue weighted by Gasteiger charge is -2.21. The van der Waals surface area contributed by atoms with Crippen LogP contribution in [0.15, 0.2) is 53.7 Å². The van der Waals surface area contributed by atoms with Crippen LogP contribution in [0.1, 0.15) is 38.1 Å². The summed E-state index contributed by atoms with van der Waals surface area (Å²) in [6.45, 7) is 11.3. The minimum absolute atomic E-state index is 0.165. The number of anilines is 2. The molecule has 0 radical (unpaired) electrons. The Labute approximate surface area is 205 Å². The molecule has 3 rings (SSSR count). The minimum atomic E-state index is -0.172. The van der Waals surface area contributed by atoms with E-state index >= 15 is 0 Å². The van der Waals surface area contributed by atoms with Gasteiger partial charge in [0.25, 0.3) is 5.91 Å². The van der Waals surface area contributed by atoms with Crippen LogP contribution in [0.5, 0.6) is 0 Å². The molecule has 1 aromatic heterocycles. The van der Waals surface area contributed by atoms with E-state index in [-0.39, 0.29) is 17.6 Å². The number of carbonyl (C=O) groups is 2. The average Bonchev–Trinajstić information content (AvgIpc) is 3.27. The van der Waals surface area contributed by atoms with E-state index in [1.54, 1.807) is 24.3 Å². The molecule has 0 aliphatic carbocycles. The summed E-state index contributed by atoms with van der Waals surface area (Å²) in [7, 11) is 0. The fourth-order valence-electron chi connectivity index (χ4n) is 3.63. The summed E-state index contributed by atoms with van der Waals surface area (Å²) >= 11 is 1.34. The third kappa shape index (κ3) is 6.17. The molecule has 3 aromatic rings. The number of thioether (sulfide) groups is 1. The predicted octanol–water partition coefficient (Wildman–Crippen LogP) is 4.29. The molecule has 1 heterocycles. The van der Waals surface area contributed by atoms with Crippen molar-refractivity contribution in [1.29, 1.82) is 0 Å². The highest BCUT2D eigenvalue weighted by molar-refractivity contribution is 7.99. The second kappa shape index (κ2) is 12.2. The van der Waals surface area contributed by atoms with Gasteiger partial charge in [0.2, 0.25) is 5.91 Å². The molecule has 8 nitrogen and oxygen atoms in total. The van der Waals surface area contributed by atoms with Crippen molar-refractivity contribution in [3.63, 3.8) is 0 Å². The quantitative estimate of drug-likeness (QED) is 0.398. The molecule has 0 atom stereocenters. The molecule has 0 fully saturated rings. The summed E-state index contributed by atoms with van der Waals surface area (Å²) in [5, 5.41) is 15.0. The van der Waals surface area contributed by atoms with Gasteiger partial charge in [-0.15, -0.1) is 10.2 Å². The summed E-state index contributed by atoms with van der Waals surface area (Å²) < 4.78 is 2.01. The van der Waals surface area contributed by atoms with Crippen LogP contribution < -0.4 is 15.5 Å². The normalized spacial score (nSPS) is 10.7. The molecule has 0 aliphatic heterocycles. The van der Waals surface area contributed by atoms with Crippen molar-refractivity contribution in [2.45, 2.75) is 39.4 Å². The van der Waals surface area contributed by atoms with Gasteiger partial charge in [0.15, 0.2) is 11.0 Å². The maximum absolute atomic E-state index is 12.5. The van der Waals surface area contributed by atoms with Gasteiger partial charge >= 0.3 is 0 Å². The van der Waals surface area contributed by atoms with Crippen molar-refractivity contribution < 1.29 is 9.59 Å². The molecule has 2 N–H and O–H groups in total. The lowest BCUT2D eigenvalue weighted by atomic mass is 10.2. The number of aromatic nitrogens is 3. The van der Waals surface area contributed by atoms with Crippen molar-refractivity contribution >= 4 is 35.0 Å². The number of nitrogens with one attached hydrogen (secondary N) is 2. The van der Waals surface area contributed by atoms with Crippen LogP contribution in [-0.2, 0) is 11.3 Å². The van der Waals surface area contributed by atoms with Gasteiger partial charge in [0.05, 0.1) is 5.75 Å². The molecule has 2 amide bonds. The van der Waals surface area contributed by atoms with Crippen molar-refractivity contribution in [2.75, 3.05) is 35.6 Å². The number of benzene rings is 2. The molecule has 0 bridgehead atoms. The van der Waals surface area contributed by atoms with Crippen LogP contribution >= 0.6 is 11.8 Å². The van der Waals surface area contributed by atoms with Crippen LogP contribution in [0.3, 0.4) is 0 Å². The second-order valence-electron chi connectivity index (χ2n) is 7.55. The van der Waals surface area contributed by atoms with Crippen molar-refractivity contribution in [1.82, 2.24) is 20.1 Å². The smallest absolute Gasteiger partial charge is 0.251 e. The first kappa shape index (κ1) is 25.3. The molecule has 0 saturated carbocycles. The molecular formula is C25H32N6O2S. The van der Waals surface area contributed by atoms with Crippen LogP contribution in [0, 0.1) is 0 Å². The van der Waals surface area contributed by atoms with E-state index in [0.29, 0.717) is 29.5 Å². The number of hydrogen-bond acceptors (Lipinski definition) is 6. The first-order valence-electron chi connectivity index (χ1n) is 11.6. The molecule has 0 saturated heterocycles. The first-order chi connectivity index (χ1) is 16.5. The van der Waals surface area contributed by atoms with Crippen LogP contribution in [-0.4, -0.2) is 52.0 Å². The largest absolute Gasteiger partial charge is 0.372 e. The Kier molecular flexibility index (Phi) is 9.09. The highest BCUT2D eigenvalue weighted by atomic mass is 32.2. The van der Waals surface area contributed by atoms with Gasteiger partial charge in [0, 0.05) is 48.7 Å². The minimum Gasteiger partial charge on any atom is -0.372 e. The van der Waals surface area contributed by atoms with E-state index in [9.17, 15) is 9.59 Å². The maximum Gasteiger partial charge on any atom is 0.251 e. The van der Waals surface area contributed by atoms with Gasteiger partial charge in [-0.1, -0.05) is 17.8 Å². The summed E-state index contributed by atoms with van der Waals surface area (Å²) in [4.78, 5) is 26.8. The lowest BCUT2D eigenvalue weighted by Crippen LogP contribution is -2.23. The van der Waals surface area contributed by atoms with Gasteiger partial charge in [-0.2, -0.15) is 0 Å². The average molecular weight is 481 g/mol. The molecule has 9 heteroatoms. The Bertz CT molecular complexity index is 1110. The SMILES string of the molecule is CCNC(=O)c1cccc(NC(=O)CSc2nnc(-c3ccc(N(CC)CC)cc3)n2CC)c1.